The SMILES string of the molecule is Cc1ncncc1CN(C)C(C)(C)C. The Labute approximate surface area is 86.2 Å². The average molecular weight is 193 g/mol. The second kappa shape index (κ2) is 4.05. The lowest BCUT2D eigenvalue weighted by molar-refractivity contribution is 0.166. The van der Waals surface area contributed by atoms with E-state index in [-0.39, 0.29) is 5.54 Å². The van der Waals surface area contributed by atoms with Crippen LogP contribution >= 0.6 is 0 Å². The Bertz CT molecular complexity index is 302. The van der Waals surface area contributed by atoms with Gasteiger partial charge < -0.3 is 0 Å². The fourth-order valence-corrected chi connectivity index (χ4v) is 1.07. The molecule has 1 aromatic rings. The van der Waals surface area contributed by atoms with Gasteiger partial charge in [-0.05, 0) is 34.7 Å². The maximum atomic E-state index is 4.18. The van der Waals surface area contributed by atoms with Crippen LogP contribution in [0.25, 0.3) is 0 Å². The van der Waals surface area contributed by atoms with Crippen molar-refractivity contribution in [1.82, 2.24) is 14.9 Å². The van der Waals surface area contributed by atoms with Crippen LogP contribution in [0.15, 0.2) is 12.5 Å². The van der Waals surface area contributed by atoms with Gasteiger partial charge in [0.2, 0.25) is 0 Å². The lowest BCUT2D eigenvalue weighted by Gasteiger charge is -2.32. The third kappa shape index (κ3) is 2.77. The summed E-state index contributed by atoms with van der Waals surface area (Å²) in [6.07, 6.45) is 3.49. The van der Waals surface area contributed by atoms with Crippen LogP contribution in [0, 0.1) is 6.92 Å². The molecule has 78 valence electrons. The topological polar surface area (TPSA) is 29.0 Å². The third-order valence-corrected chi connectivity index (χ3v) is 2.57. The summed E-state index contributed by atoms with van der Waals surface area (Å²) in [5.41, 5.74) is 2.45. The Kier molecular flexibility index (Phi) is 3.21. The van der Waals surface area contributed by atoms with Crippen molar-refractivity contribution in [2.75, 3.05) is 7.05 Å². The summed E-state index contributed by atoms with van der Waals surface area (Å²) in [6, 6.07) is 0. The highest BCUT2D eigenvalue weighted by Gasteiger charge is 2.17. The standard InChI is InChI=1S/C11H19N3/c1-9-10(6-12-8-13-9)7-14(5)11(2,3)4/h6,8H,7H2,1-5H3. The summed E-state index contributed by atoms with van der Waals surface area (Å²) in [6.45, 7) is 9.52. The fraction of sp³-hybridized carbons (Fsp3) is 0.636. The predicted molar refractivity (Wildman–Crippen MR) is 58.0 cm³/mol. The number of aromatic nitrogens is 2. The van der Waals surface area contributed by atoms with Gasteiger partial charge in [-0.25, -0.2) is 9.97 Å². The highest BCUT2D eigenvalue weighted by molar-refractivity contribution is 5.14. The van der Waals surface area contributed by atoms with Gasteiger partial charge in [-0.3, -0.25) is 4.90 Å². The van der Waals surface area contributed by atoms with Gasteiger partial charge in [0.15, 0.2) is 0 Å². The van der Waals surface area contributed by atoms with Crippen LogP contribution in [0.2, 0.25) is 0 Å². The monoisotopic (exact) mass is 193 g/mol. The minimum absolute atomic E-state index is 0.183. The molecule has 0 spiro atoms. The molecular weight excluding hydrogens is 174 g/mol. The van der Waals surface area contributed by atoms with Crippen molar-refractivity contribution in [3.63, 3.8) is 0 Å². The zero-order chi connectivity index (χ0) is 10.8. The van der Waals surface area contributed by atoms with Gasteiger partial charge in [-0.15, -0.1) is 0 Å². The second-order valence-corrected chi connectivity index (χ2v) is 4.66. The van der Waals surface area contributed by atoms with Gasteiger partial charge >= 0.3 is 0 Å². The summed E-state index contributed by atoms with van der Waals surface area (Å²) in [5.74, 6) is 0. The summed E-state index contributed by atoms with van der Waals surface area (Å²) < 4.78 is 0. The summed E-state index contributed by atoms with van der Waals surface area (Å²) in [4.78, 5) is 10.5. The number of hydrogen-bond acceptors (Lipinski definition) is 3. The van der Waals surface area contributed by atoms with Gasteiger partial charge in [0, 0.05) is 29.5 Å². The molecule has 0 fully saturated rings. The molecule has 14 heavy (non-hydrogen) atoms. The molecule has 0 saturated carbocycles. The first-order valence-electron chi connectivity index (χ1n) is 4.88. The van der Waals surface area contributed by atoms with Crippen molar-refractivity contribution in [3.05, 3.63) is 23.8 Å². The minimum atomic E-state index is 0.183. The van der Waals surface area contributed by atoms with E-state index >= 15 is 0 Å². The lowest BCUT2D eigenvalue weighted by Crippen LogP contribution is -2.37. The quantitative estimate of drug-likeness (QED) is 0.719. The average Bonchev–Trinajstić information content (AvgIpc) is 2.07. The minimum Gasteiger partial charge on any atom is -0.297 e. The van der Waals surface area contributed by atoms with Crippen LogP contribution in [0.3, 0.4) is 0 Å². The van der Waals surface area contributed by atoms with Crippen molar-refractivity contribution < 1.29 is 0 Å². The van der Waals surface area contributed by atoms with Gasteiger partial charge in [0.1, 0.15) is 6.33 Å². The van der Waals surface area contributed by atoms with Crippen LogP contribution in [-0.2, 0) is 6.54 Å². The van der Waals surface area contributed by atoms with Crippen molar-refractivity contribution in [2.24, 2.45) is 0 Å². The Morgan fingerprint density at radius 1 is 1.36 bits per heavy atom. The molecule has 1 rings (SSSR count). The summed E-state index contributed by atoms with van der Waals surface area (Å²) >= 11 is 0. The van der Waals surface area contributed by atoms with Gasteiger partial charge in [0.25, 0.3) is 0 Å². The van der Waals surface area contributed by atoms with Crippen molar-refractivity contribution in [1.29, 1.82) is 0 Å². The molecule has 3 heteroatoms. The van der Waals surface area contributed by atoms with Crippen LogP contribution in [-0.4, -0.2) is 27.5 Å². The van der Waals surface area contributed by atoms with E-state index in [9.17, 15) is 0 Å². The smallest absolute Gasteiger partial charge is 0.115 e. The molecule has 1 aromatic heterocycles. The molecule has 0 atom stereocenters. The molecule has 0 unspecified atom stereocenters. The Morgan fingerprint density at radius 3 is 2.50 bits per heavy atom. The first-order chi connectivity index (χ1) is 6.41. The van der Waals surface area contributed by atoms with Gasteiger partial charge in [-0.2, -0.15) is 0 Å². The van der Waals surface area contributed by atoms with E-state index < -0.39 is 0 Å². The highest BCUT2D eigenvalue weighted by Crippen LogP contribution is 2.15. The van der Waals surface area contributed by atoms with E-state index in [1.54, 1.807) is 6.33 Å². The van der Waals surface area contributed by atoms with E-state index in [1.165, 1.54) is 5.56 Å². The fourth-order valence-electron chi connectivity index (χ4n) is 1.07. The van der Waals surface area contributed by atoms with E-state index in [0.29, 0.717) is 0 Å². The molecule has 0 saturated heterocycles. The Balaban J connectivity index is 2.75. The van der Waals surface area contributed by atoms with E-state index in [1.807, 2.05) is 13.1 Å². The predicted octanol–water partition coefficient (Wildman–Crippen LogP) is 2.02. The molecule has 0 bridgehead atoms. The molecule has 0 aliphatic rings. The Hall–Kier alpha value is -0.960. The zero-order valence-corrected chi connectivity index (χ0v) is 9.70. The van der Waals surface area contributed by atoms with Crippen LogP contribution in [0.4, 0.5) is 0 Å². The number of hydrogen-bond donors (Lipinski definition) is 0. The molecule has 0 aliphatic carbocycles. The van der Waals surface area contributed by atoms with Gasteiger partial charge in [0.05, 0.1) is 0 Å². The molecule has 0 radical (unpaired) electrons. The number of rotatable bonds is 2. The maximum absolute atomic E-state index is 4.18. The maximum Gasteiger partial charge on any atom is 0.115 e. The van der Waals surface area contributed by atoms with E-state index in [4.69, 9.17) is 0 Å². The number of aryl methyl sites for hydroxylation is 1. The molecule has 0 aromatic carbocycles. The van der Waals surface area contributed by atoms with Crippen LogP contribution in [0.5, 0.6) is 0 Å². The van der Waals surface area contributed by atoms with Gasteiger partial charge in [-0.1, -0.05) is 0 Å². The highest BCUT2D eigenvalue weighted by atomic mass is 15.2. The largest absolute Gasteiger partial charge is 0.297 e. The molecule has 3 nitrogen and oxygen atoms in total. The summed E-state index contributed by atoms with van der Waals surface area (Å²) in [5, 5.41) is 0. The molecule has 0 aliphatic heterocycles. The van der Waals surface area contributed by atoms with E-state index in [2.05, 4.69) is 42.7 Å². The van der Waals surface area contributed by atoms with Crippen LogP contribution < -0.4 is 0 Å². The Morgan fingerprint density at radius 2 is 2.00 bits per heavy atom. The molecule has 0 N–H and O–H groups in total. The number of nitrogens with zero attached hydrogens (tertiary/aromatic N) is 3. The molecule has 1 heterocycles. The first-order valence-corrected chi connectivity index (χ1v) is 4.88. The zero-order valence-electron chi connectivity index (χ0n) is 9.70. The van der Waals surface area contributed by atoms with Crippen molar-refractivity contribution in [2.45, 2.75) is 39.8 Å². The van der Waals surface area contributed by atoms with Crippen molar-refractivity contribution >= 4 is 0 Å². The first kappa shape index (κ1) is 11.1. The molecule has 0 amide bonds. The summed E-state index contributed by atoms with van der Waals surface area (Å²) in [7, 11) is 2.12. The van der Waals surface area contributed by atoms with E-state index in [0.717, 1.165) is 12.2 Å². The molecular formula is C11H19N3. The normalized spacial score (nSPS) is 12.1. The van der Waals surface area contributed by atoms with Crippen molar-refractivity contribution in [3.8, 4) is 0 Å². The van der Waals surface area contributed by atoms with Crippen LogP contribution in [0.1, 0.15) is 32.0 Å². The third-order valence-electron chi connectivity index (χ3n) is 2.57. The lowest BCUT2D eigenvalue weighted by atomic mass is 10.1. The second-order valence-electron chi connectivity index (χ2n) is 4.66.